The average molecular weight is 285 g/mol. The Labute approximate surface area is 121 Å². The van der Waals surface area contributed by atoms with Gasteiger partial charge in [-0.05, 0) is 39.0 Å². The van der Waals surface area contributed by atoms with Gasteiger partial charge >= 0.3 is 0 Å². The minimum absolute atomic E-state index is 0.0933. The van der Waals surface area contributed by atoms with Crippen LogP contribution < -0.4 is 0 Å². The first-order valence-corrected chi connectivity index (χ1v) is 7.88. The molecule has 2 fully saturated rings. The number of hydrogen-bond acceptors (Lipinski definition) is 4. The third-order valence-electron chi connectivity index (χ3n) is 4.00. The summed E-state index contributed by atoms with van der Waals surface area (Å²) in [6.45, 7) is 5.88. The molecule has 1 atom stereocenters. The molecule has 2 saturated heterocycles. The summed E-state index contributed by atoms with van der Waals surface area (Å²) < 4.78 is 16.7. The average Bonchev–Trinajstić information content (AvgIpc) is 2.49. The van der Waals surface area contributed by atoms with Gasteiger partial charge in [0.1, 0.15) is 6.61 Å². The first-order chi connectivity index (χ1) is 9.79. The van der Waals surface area contributed by atoms with Crippen molar-refractivity contribution in [2.24, 2.45) is 0 Å². The van der Waals surface area contributed by atoms with E-state index in [1.165, 1.54) is 6.42 Å². The molecule has 5 heteroatoms. The van der Waals surface area contributed by atoms with Gasteiger partial charge in [-0.15, -0.1) is 0 Å². The molecule has 0 spiro atoms. The van der Waals surface area contributed by atoms with Crippen LogP contribution >= 0.6 is 0 Å². The van der Waals surface area contributed by atoms with E-state index in [1.807, 2.05) is 11.8 Å². The highest BCUT2D eigenvalue weighted by molar-refractivity contribution is 5.77. The number of hydrogen-bond donors (Lipinski definition) is 0. The molecule has 0 unspecified atom stereocenters. The highest BCUT2D eigenvalue weighted by Crippen LogP contribution is 2.15. The lowest BCUT2D eigenvalue weighted by Crippen LogP contribution is -2.42. The van der Waals surface area contributed by atoms with E-state index in [4.69, 9.17) is 14.2 Å². The molecule has 1 amide bonds. The molecule has 2 aliphatic heterocycles. The van der Waals surface area contributed by atoms with E-state index in [1.54, 1.807) is 0 Å². The Morgan fingerprint density at radius 2 is 2.05 bits per heavy atom. The van der Waals surface area contributed by atoms with Gasteiger partial charge in [0.2, 0.25) is 5.91 Å². The third kappa shape index (κ3) is 5.04. The Balaban J connectivity index is 1.58. The fourth-order valence-electron chi connectivity index (χ4n) is 2.82. The number of likely N-dealkylation sites (tertiary alicyclic amines) is 1. The molecule has 2 rings (SSSR count). The van der Waals surface area contributed by atoms with E-state index in [9.17, 15) is 4.79 Å². The van der Waals surface area contributed by atoms with Gasteiger partial charge in [0.05, 0.1) is 18.8 Å². The van der Waals surface area contributed by atoms with Crippen molar-refractivity contribution in [3.63, 3.8) is 0 Å². The second kappa shape index (κ2) is 8.60. The number of carbonyl (C=O) groups excluding carboxylic acids is 1. The number of carbonyl (C=O) groups is 1. The predicted octanol–water partition coefficient (Wildman–Crippen LogP) is 1.60. The fourth-order valence-corrected chi connectivity index (χ4v) is 2.82. The smallest absolute Gasteiger partial charge is 0.248 e. The molecule has 0 radical (unpaired) electrons. The molecule has 116 valence electrons. The summed E-state index contributed by atoms with van der Waals surface area (Å²) in [5, 5.41) is 0. The first-order valence-electron chi connectivity index (χ1n) is 7.88. The SMILES string of the molecule is CCOC1CCN(C(=O)COC[C@@H]2CCCCO2)CC1. The van der Waals surface area contributed by atoms with Crippen molar-refractivity contribution in [3.05, 3.63) is 0 Å². The molecule has 0 aromatic heterocycles. The van der Waals surface area contributed by atoms with Gasteiger partial charge in [-0.2, -0.15) is 0 Å². The molecule has 2 heterocycles. The normalized spacial score (nSPS) is 24.9. The lowest BCUT2D eigenvalue weighted by atomic mass is 10.1. The van der Waals surface area contributed by atoms with Gasteiger partial charge in [-0.3, -0.25) is 4.79 Å². The van der Waals surface area contributed by atoms with Crippen molar-refractivity contribution in [2.45, 2.75) is 51.2 Å². The van der Waals surface area contributed by atoms with E-state index >= 15 is 0 Å². The topological polar surface area (TPSA) is 48.0 Å². The molecule has 2 aliphatic rings. The zero-order chi connectivity index (χ0) is 14.2. The van der Waals surface area contributed by atoms with Gasteiger partial charge < -0.3 is 19.1 Å². The molecular formula is C15H27NO4. The minimum atomic E-state index is 0.0933. The molecule has 0 aliphatic carbocycles. The van der Waals surface area contributed by atoms with Crippen LogP contribution in [0.25, 0.3) is 0 Å². The molecule has 0 N–H and O–H groups in total. The lowest BCUT2D eigenvalue weighted by Gasteiger charge is -2.32. The minimum Gasteiger partial charge on any atom is -0.378 e. The second-order valence-electron chi connectivity index (χ2n) is 5.54. The molecule has 0 bridgehead atoms. The van der Waals surface area contributed by atoms with Crippen molar-refractivity contribution in [1.29, 1.82) is 0 Å². The Bertz CT molecular complexity index is 284. The van der Waals surface area contributed by atoms with Gasteiger partial charge in [0.25, 0.3) is 0 Å². The number of nitrogens with zero attached hydrogens (tertiary/aromatic N) is 1. The van der Waals surface area contributed by atoms with Gasteiger partial charge in [-0.1, -0.05) is 0 Å². The fraction of sp³-hybridized carbons (Fsp3) is 0.933. The van der Waals surface area contributed by atoms with Crippen LogP contribution in [0.3, 0.4) is 0 Å². The Morgan fingerprint density at radius 3 is 2.70 bits per heavy atom. The zero-order valence-corrected chi connectivity index (χ0v) is 12.5. The van der Waals surface area contributed by atoms with Gasteiger partial charge in [0.15, 0.2) is 0 Å². The number of amides is 1. The van der Waals surface area contributed by atoms with Crippen LogP contribution in [0.5, 0.6) is 0 Å². The largest absolute Gasteiger partial charge is 0.378 e. The highest BCUT2D eigenvalue weighted by atomic mass is 16.5. The Hall–Kier alpha value is -0.650. The van der Waals surface area contributed by atoms with Crippen molar-refractivity contribution in [3.8, 4) is 0 Å². The van der Waals surface area contributed by atoms with Crippen molar-refractivity contribution in [1.82, 2.24) is 4.90 Å². The van der Waals surface area contributed by atoms with Crippen molar-refractivity contribution >= 4 is 5.91 Å². The monoisotopic (exact) mass is 285 g/mol. The molecule has 20 heavy (non-hydrogen) atoms. The first kappa shape index (κ1) is 15.7. The summed E-state index contributed by atoms with van der Waals surface area (Å²) >= 11 is 0. The zero-order valence-electron chi connectivity index (χ0n) is 12.5. The molecule has 5 nitrogen and oxygen atoms in total. The van der Waals surface area contributed by atoms with Crippen molar-refractivity contribution < 1.29 is 19.0 Å². The van der Waals surface area contributed by atoms with Crippen LogP contribution in [0.15, 0.2) is 0 Å². The quantitative estimate of drug-likeness (QED) is 0.744. The molecule has 0 saturated carbocycles. The van der Waals surface area contributed by atoms with Crippen LogP contribution in [0.4, 0.5) is 0 Å². The van der Waals surface area contributed by atoms with E-state index < -0.39 is 0 Å². The summed E-state index contributed by atoms with van der Waals surface area (Å²) in [7, 11) is 0. The number of rotatable bonds is 6. The molecule has 0 aromatic rings. The van der Waals surface area contributed by atoms with Crippen LogP contribution in [0.2, 0.25) is 0 Å². The summed E-state index contributed by atoms with van der Waals surface area (Å²) in [5.74, 6) is 0.0933. The number of ether oxygens (including phenoxy) is 3. The van der Waals surface area contributed by atoms with Crippen LogP contribution in [0.1, 0.15) is 39.0 Å². The predicted molar refractivity (Wildman–Crippen MR) is 75.6 cm³/mol. The van der Waals surface area contributed by atoms with E-state index in [2.05, 4.69) is 0 Å². The maximum atomic E-state index is 12.0. The Kier molecular flexibility index (Phi) is 6.76. The van der Waals surface area contributed by atoms with Crippen LogP contribution in [-0.2, 0) is 19.0 Å². The summed E-state index contributed by atoms with van der Waals surface area (Å²) in [6, 6.07) is 0. The van der Waals surface area contributed by atoms with Gasteiger partial charge in [-0.25, -0.2) is 0 Å². The summed E-state index contributed by atoms with van der Waals surface area (Å²) in [4.78, 5) is 13.9. The second-order valence-corrected chi connectivity index (χ2v) is 5.54. The van der Waals surface area contributed by atoms with Crippen LogP contribution in [-0.4, -0.2) is 62.5 Å². The summed E-state index contributed by atoms with van der Waals surface area (Å²) in [6.07, 6.45) is 5.77. The Morgan fingerprint density at radius 1 is 1.25 bits per heavy atom. The molecular weight excluding hydrogens is 258 g/mol. The van der Waals surface area contributed by atoms with E-state index in [-0.39, 0.29) is 18.6 Å². The standard InChI is InChI=1S/C15H27NO4/c1-2-19-13-6-8-16(9-7-13)15(17)12-18-11-14-5-3-4-10-20-14/h13-14H,2-12H2,1H3/t14-/m0/s1. The maximum Gasteiger partial charge on any atom is 0.248 e. The van der Waals surface area contributed by atoms with Crippen molar-refractivity contribution in [2.75, 3.05) is 39.5 Å². The third-order valence-corrected chi connectivity index (χ3v) is 4.00. The highest BCUT2D eigenvalue weighted by Gasteiger charge is 2.23. The molecule has 0 aromatic carbocycles. The maximum absolute atomic E-state index is 12.0. The summed E-state index contributed by atoms with van der Waals surface area (Å²) in [5.41, 5.74) is 0. The lowest BCUT2D eigenvalue weighted by molar-refractivity contribution is -0.140. The van der Waals surface area contributed by atoms with E-state index in [0.717, 1.165) is 52.0 Å². The van der Waals surface area contributed by atoms with Gasteiger partial charge in [0, 0.05) is 26.3 Å². The van der Waals surface area contributed by atoms with Crippen LogP contribution in [0, 0.1) is 0 Å². The number of piperidine rings is 1. The van der Waals surface area contributed by atoms with E-state index in [0.29, 0.717) is 12.7 Å².